The highest BCUT2D eigenvalue weighted by atomic mass is 35.5. The van der Waals surface area contributed by atoms with Crippen molar-refractivity contribution in [2.24, 2.45) is 0 Å². The van der Waals surface area contributed by atoms with Gasteiger partial charge in [-0.15, -0.1) is 0 Å². The van der Waals surface area contributed by atoms with Crippen molar-refractivity contribution in [3.63, 3.8) is 0 Å². The van der Waals surface area contributed by atoms with Crippen LogP contribution in [0.1, 0.15) is 0 Å². The molecule has 0 fully saturated rings. The van der Waals surface area contributed by atoms with E-state index in [0.717, 1.165) is 0 Å². The molecule has 46 valence electrons. The second kappa shape index (κ2) is 3.26. The normalized spacial score (nSPS) is 11.0. The molecule has 0 aromatic rings. The number of halogens is 2. The Kier molecular flexibility index (Phi) is 2.95. The highest BCUT2D eigenvalue weighted by molar-refractivity contribution is 6.28. The van der Waals surface area contributed by atoms with Crippen LogP contribution >= 0.6 is 11.6 Å². The zero-order valence-electron chi connectivity index (χ0n) is 3.60. The molecule has 8 heavy (non-hydrogen) atoms. The van der Waals surface area contributed by atoms with Gasteiger partial charge in [0.1, 0.15) is 6.33 Å². The van der Waals surface area contributed by atoms with Crippen LogP contribution in [0.15, 0.2) is 11.5 Å². The summed E-state index contributed by atoms with van der Waals surface area (Å²) in [6.45, 7) is 0. The van der Waals surface area contributed by atoms with Gasteiger partial charge in [0, 0.05) is 0 Å². The van der Waals surface area contributed by atoms with Crippen LogP contribution in [0.4, 0.5) is 9.18 Å². The Bertz CT molecular complexity index is 122. The monoisotopic (exact) mass is 140 g/mol. The maximum atomic E-state index is 11.1. The second-order valence-corrected chi connectivity index (χ2v) is 1.15. The minimum Gasteiger partial charge on any atom is -0.449 e. The smallest absolute Gasteiger partial charge is 0.449 e. The van der Waals surface area contributed by atoms with E-state index < -0.39 is 11.4 Å². The molecule has 0 saturated heterocycles. The van der Waals surface area contributed by atoms with E-state index in [2.05, 4.69) is 4.74 Å². The van der Waals surface area contributed by atoms with Crippen molar-refractivity contribution in [1.82, 2.24) is 0 Å². The van der Waals surface area contributed by atoms with Crippen molar-refractivity contribution in [3.8, 4) is 0 Å². The summed E-state index contributed by atoms with van der Waals surface area (Å²) in [6, 6.07) is 0. The SMILES string of the molecule is O=C(O)O/C(Cl)=C/F. The number of carbonyl (C=O) groups is 1. The van der Waals surface area contributed by atoms with Gasteiger partial charge in [-0.25, -0.2) is 9.18 Å². The number of carboxylic acid groups (broad SMARTS) is 1. The van der Waals surface area contributed by atoms with Gasteiger partial charge in [0.15, 0.2) is 0 Å². The molecule has 0 heterocycles. The third-order valence-electron chi connectivity index (χ3n) is 0.271. The summed E-state index contributed by atoms with van der Waals surface area (Å²) >= 11 is 4.74. The van der Waals surface area contributed by atoms with E-state index >= 15 is 0 Å². The third-order valence-corrected chi connectivity index (χ3v) is 0.430. The van der Waals surface area contributed by atoms with Crippen LogP contribution in [-0.2, 0) is 4.74 Å². The fourth-order valence-corrected chi connectivity index (χ4v) is 0.172. The molecule has 0 bridgehead atoms. The highest BCUT2D eigenvalue weighted by Gasteiger charge is 1.98. The highest BCUT2D eigenvalue weighted by Crippen LogP contribution is 2.02. The number of ether oxygens (including phenoxy) is 1. The predicted octanol–water partition coefficient (Wildman–Crippen LogP) is 1.69. The molecule has 0 atom stereocenters. The predicted molar refractivity (Wildman–Crippen MR) is 24.2 cm³/mol. The molecule has 0 aliphatic rings. The summed E-state index contributed by atoms with van der Waals surface area (Å²) in [4.78, 5) is 9.45. The van der Waals surface area contributed by atoms with E-state index in [0.29, 0.717) is 0 Å². The second-order valence-electron chi connectivity index (χ2n) is 0.781. The minimum absolute atomic E-state index is 0.157. The van der Waals surface area contributed by atoms with Gasteiger partial charge in [-0.1, -0.05) is 0 Å². The standard InChI is InChI=1S/C3H2ClFO3/c4-2(1-5)8-3(6)7/h1H,(H,6,7)/b2-1+. The quantitative estimate of drug-likeness (QED) is 0.445. The van der Waals surface area contributed by atoms with Gasteiger partial charge in [0.25, 0.3) is 0 Å². The fraction of sp³-hybridized carbons (Fsp3) is 0. The lowest BCUT2D eigenvalue weighted by molar-refractivity contribution is 0.123. The molecule has 1 N–H and O–H groups in total. The third kappa shape index (κ3) is 3.42. The summed E-state index contributed by atoms with van der Waals surface area (Å²) in [7, 11) is 0. The van der Waals surface area contributed by atoms with Gasteiger partial charge < -0.3 is 9.84 Å². The number of hydrogen-bond donors (Lipinski definition) is 1. The van der Waals surface area contributed by atoms with E-state index in [1.54, 1.807) is 0 Å². The van der Waals surface area contributed by atoms with Gasteiger partial charge >= 0.3 is 6.16 Å². The molecule has 0 rings (SSSR count). The lowest BCUT2D eigenvalue weighted by atomic mass is 11.1. The zero-order valence-corrected chi connectivity index (χ0v) is 4.35. The molecule has 0 aromatic carbocycles. The van der Waals surface area contributed by atoms with Crippen LogP contribution in [0.25, 0.3) is 0 Å². The topological polar surface area (TPSA) is 46.5 Å². The molecular weight excluding hydrogens is 138 g/mol. The summed E-state index contributed by atoms with van der Waals surface area (Å²) in [5.74, 6) is 0. The Morgan fingerprint density at radius 2 is 2.38 bits per heavy atom. The van der Waals surface area contributed by atoms with Gasteiger partial charge in [-0.3, -0.25) is 0 Å². The summed E-state index contributed by atoms with van der Waals surface area (Å²) < 4.78 is 14.6. The summed E-state index contributed by atoms with van der Waals surface area (Å²) in [6.07, 6.45) is -1.79. The first-order valence-corrected chi connectivity index (χ1v) is 1.91. The maximum absolute atomic E-state index is 11.1. The number of rotatable bonds is 1. The van der Waals surface area contributed by atoms with Gasteiger partial charge in [-0.05, 0) is 11.6 Å². The molecule has 0 saturated carbocycles. The molecule has 5 heteroatoms. The van der Waals surface area contributed by atoms with E-state index in [9.17, 15) is 9.18 Å². The van der Waals surface area contributed by atoms with Crippen molar-refractivity contribution >= 4 is 17.8 Å². The molecule has 0 radical (unpaired) electrons. The molecule has 0 aromatic heterocycles. The van der Waals surface area contributed by atoms with Gasteiger partial charge in [-0.2, -0.15) is 0 Å². The van der Waals surface area contributed by atoms with Crippen molar-refractivity contribution in [1.29, 1.82) is 0 Å². The molecule has 3 nitrogen and oxygen atoms in total. The van der Waals surface area contributed by atoms with Crippen LogP contribution in [0.2, 0.25) is 0 Å². The molecule has 0 amide bonds. The van der Waals surface area contributed by atoms with E-state index in [1.165, 1.54) is 0 Å². The lowest BCUT2D eigenvalue weighted by Gasteiger charge is -1.89. The molecule has 0 unspecified atom stereocenters. The average molecular weight is 140 g/mol. The van der Waals surface area contributed by atoms with Gasteiger partial charge in [0.2, 0.25) is 5.22 Å². The van der Waals surface area contributed by atoms with Crippen LogP contribution in [0.5, 0.6) is 0 Å². The van der Waals surface area contributed by atoms with Crippen molar-refractivity contribution < 1.29 is 19.0 Å². The molecule has 0 aliphatic carbocycles. The van der Waals surface area contributed by atoms with Crippen LogP contribution in [-0.4, -0.2) is 11.3 Å². The zero-order chi connectivity index (χ0) is 6.57. The van der Waals surface area contributed by atoms with Crippen molar-refractivity contribution in [2.45, 2.75) is 0 Å². The van der Waals surface area contributed by atoms with Crippen LogP contribution < -0.4 is 0 Å². The van der Waals surface area contributed by atoms with Gasteiger partial charge in [0.05, 0.1) is 0 Å². The largest absolute Gasteiger partial charge is 0.512 e. The number of hydrogen-bond acceptors (Lipinski definition) is 2. The first-order valence-electron chi connectivity index (χ1n) is 1.53. The van der Waals surface area contributed by atoms with Crippen molar-refractivity contribution in [2.75, 3.05) is 0 Å². The van der Waals surface area contributed by atoms with Crippen molar-refractivity contribution in [3.05, 3.63) is 11.5 Å². The van der Waals surface area contributed by atoms with E-state index in [4.69, 9.17) is 16.7 Å². The molecule has 0 spiro atoms. The lowest BCUT2D eigenvalue weighted by Crippen LogP contribution is -1.94. The Hall–Kier alpha value is -0.770. The molecular formula is C3H2ClFO3. The Morgan fingerprint density at radius 1 is 1.88 bits per heavy atom. The first-order chi connectivity index (χ1) is 3.66. The Morgan fingerprint density at radius 3 is 2.50 bits per heavy atom. The van der Waals surface area contributed by atoms with Crippen LogP contribution in [0.3, 0.4) is 0 Å². The minimum atomic E-state index is -1.64. The average Bonchev–Trinajstić information content (AvgIpc) is 1.65. The maximum Gasteiger partial charge on any atom is 0.512 e. The molecule has 0 aliphatic heterocycles. The van der Waals surface area contributed by atoms with Crippen LogP contribution in [0, 0.1) is 0 Å². The van der Waals surface area contributed by atoms with E-state index in [1.807, 2.05) is 0 Å². The first kappa shape index (κ1) is 7.23. The Balaban J connectivity index is 3.56. The summed E-state index contributed by atoms with van der Waals surface area (Å²) in [5.41, 5.74) is 0. The summed E-state index contributed by atoms with van der Waals surface area (Å²) in [5, 5.41) is 6.91. The fourth-order valence-electron chi connectivity index (χ4n) is 0.106. The Labute approximate surface area is 49.3 Å². The van der Waals surface area contributed by atoms with E-state index in [-0.39, 0.29) is 6.33 Å².